The molecule has 0 fully saturated rings. The molecule has 25 heavy (non-hydrogen) atoms. The Morgan fingerprint density at radius 2 is 2.12 bits per heavy atom. The van der Waals surface area contributed by atoms with E-state index in [1.165, 1.54) is 30.0 Å². The van der Waals surface area contributed by atoms with Crippen molar-refractivity contribution >= 4 is 35.0 Å². The highest BCUT2D eigenvalue weighted by molar-refractivity contribution is 7.99. The van der Waals surface area contributed by atoms with Crippen molar-refractivity contribution in [2.45, 2.75) is 12.1 Å². The maximum Gasteiger partial charge on any atom is 0.234 e. The summed E-state index contributed by atoms with van der Waals surface area (Å²) in [4.78, 5) is 16.4. The third-order valence-corrected chi connectivity index (χ3v) is 4.54. The molecule has 0 aliphatic carbocycles. The lowest BCUT2D eigenvalue weighted by molar-refractivity contribution is -0.113. The van der Waals surface area contributed by atoms with Gasteiger partial charge in [0.1, 0.15) is 5.82 Å². The topological polar surface area (TPSA) is 70.7 Å². The average molecular weight is 377 g/mol. The summed E-state index contributed by atoms with van der Waals surface area (Å²) < 4.78 is 13.1. The van der Waals surface area contributed by atoms with Gasteiger partial charge in [-0.3, -0.25) is 9.89 Å². The van der Waals surface area contributed by atoms with Gasteiger partial charge in [-0.2, -0.15) is 0 Å². The molecule has 1 aromatic heterocycles. The second kappa shape index (κ2) is 7.67. The Morgan fingerprint density at radius 1 is 1.32 bits per heavy atom. The number of nitrogens with zero attached hydrogens (tertiary/aromatic N) is 2. The molecule has 0 bridgehead atoms. The van der Waals surface area contributed by atoms with Gasteiger partial charge >= 0.3 is 0 Å². The van der Waals surface area contributed by atoms with E-state index < -0.39 is 5.82 Å². The summed E-state index contributed by atoms with van der Waals surface area (Å²) >= 11 is 6.89. The number of benzene rings is 2. The van der Waals surface area contributed by atoms with Crippen LogP contribution >= 0.6 is 23.4 Å². The lowest BCUT2D eigenvalue weighted by Crippen LogP contribution is -2.14. The van der Waals surface area contributed by atoms with E-state index in [0.29, 0.717) is 16.7 Å². The molecule has 0 atom stereocenters. The molecule has 0 aliphatic heterocycles. The summed E-state index contributed by atoms with van der Waals surface area (Å²) in [6.45, 7) is 1.99. The first-order valence-corrected chi connectivity index (χ1v) is 8.75. The van der Waals surface area contributed by atoms with Crippen LogP contribution in [0.4, 0.5) is 10.1 Å². The fourth-order valence-corrected chi connectivity index (χ4v) is 2.95. The lowest BCUT2D eigenvalue weighted by atomic mass is 10.1. The number of anilines is 1. The molecule has 1 heterocycles. The Hall–Kier alpha value is -2.38. The number of hydrogen-bond donors (Lipinski definition) is 2. The minimum absolute atomic E-state index is 0.0395. The van der Waals surface area contributed by atoms with Crippen molar-refractivity contribution in [2.75, 3.05) is 11.1 Å². The minimum Gasteiger partial charge on any atom is -0.325 e. The maximum atomic E-state index is 13.1. The lowest BCUT2D eigenvalue weighted by Gasteiger charge is -2.04. The van der Waals surface area contributed by atoms with E-state index in [-0.39, 0.29) is 16.7 Å². The highest BCUT2D eigenvalue weighted by Gasteiger charge is 2.11. The van der Waals surface area contributed by atoms with Crippen molar-refractivity contribution in [1.82, 2.24) is 15.2 Å². The number of aromatic nitrogens is 3. The first-order chi connectivity index (χ1) is 12.0. The first-order valence-electron chi connectivity index (χ1n) is 7.39. The van der Waals surface area contributed by atoms with E-state index in [1.807, 2.05) is 31.2 Å². The predicted octanol–water partition coefficient (Wildman–Crippen LogP) is 4.30. The Morgan fingerprint density at radius 3 is 2.88 bits per heavy atom. The zero-order valence-electron chi connectivity index (χ0n) is 13.2. The molecule has 2 aromatic carbocycles. The Kier molecular flexibility index (Phi) is 5.35. The molecule has 8 heteroatoms. The number of aromatic amines is 1. The van der Waals surface area contributed by atoms with Gasteiger partial charge in [0.15, 0.2) is 5.82 Å². The number of nitrogens with one attached hydrogen (secondary N) is 2. The second-order valence-corrected chi connectivity index (χ2v) is 6.60. The molecule has 2 N–H and O–H groups in total. The number of thioether (sulfide) groups is 1. The van der Waals surface area contributed by atoms with Gasteiger partial charge in [-0.1, -0.05) is 47.6 Å². The van der Waals surface area contributed by atoms with Crippen LogP contribution in [0.5, 0.6) is 0 Å². The van der Waals surface area contributed by atoms with Crippen LogP contribution in [0.1, 0.15) is 5.56 Å². The first kappa shape index (κ1) is 17.4. The van der Waals surface area contributed by atoms with Gasteiger partial charge < -0.3 is 5.32 Å². The third-order valence-electron chi connectivity index (χ3n) is 3.40. The van der Waals surface area contributed by atoms with Gasteiger partial charge in [-0.25, -0.2) is 9.37 Å². The Bertz CT molecular complexity index is 915. The predicted molar refractivity (Wildman–Crippen MR) is 97.3 cm³/mol. The molecule has 1 amide bonds. The fraction of sp³-hybridized carbons (Fsp3) is 0.118. The second-order valence-electron chi connectivity index (χ2n) is 5.25. The van der Waals surface area contributed by atoms with Crippen molar-refractivity contribution < 1.29 is 9.18 Å². The number of H-pyrrole nitrogens is 1. The number of carbonyl (C=O) groups excluding carboxylic acids is 1. The van der Waals surface area contributed by atoms with Crippen molar-refractivity contribution in [1.29, 1.82) is 0 Å². The average Bonchev–Trinajstić information content (AvgIpc) is 3.05. The molecule has 0 saturated carbocycles. The smallest absolute Gasteiger partial charge is 0.234 e. The van der Waals surface area contributed by atoms with Gasteiger partial charge in [0.25, 0.3) is 0 Å². The molecule has 3 rings (SSSR count). The van der Waals surface area contributed by atoms with Crippen molar-refractivity contribution in [2.24, 2.45) is 0 Å². The van der Waals surface area contributed by atoms with E-state index in [1.54, 1.807) is 0 Å². The van der Waals surface area contributed by atoms with Crippen molar-refractivity contribution in [3.05, 3.63) is 58.9 Å². The monoisotopic (exact) mass is 376 g/mol. The largest absolute Gasteiger partial charge is 0.325 e. The summed E-state index contributed by atoms with van der Waals surface area (Å²) in [6.07, 6.45) is 0. The molecular formula is C17H14ClFN4OS. The summed E-state index contributed by atoms with van der Waals surface area (Å²) in [6, 6.07) is 11.8. The molecule has 0 aliphatic rings. The molecule has 0 spiro atoms. The van der Waals surface area contributed by atoms with Crippen LogP contribution < -0.4 is 5.32 Å². The maximum absolute atomic E-state index is 13.1. The third kappa shape index (κ3) is 4.37. The zero-order valence-corrected chi connectivity index (χ0v) is 14.8. The molecule has 128 valence electrons. The van der Waals surface area contributed by atoms with E-state index in [4.69, 9.17) is 11.6 Å². The van der Waals surface area contributed by atoms with E-state index in [9.17, 15) is 9.18 Å². The van der Waals surface area contributed by atoms with Gasteiger partial charge in [0.05, 0.1) is 10.8 Å². The number of hydrogen-bond acceptors (Lipinski definition) is 4. The van der Waals surface area contributed by atoms with Gasteiger partial charge in [0, 0.05) is 11.3 Å². The zero-order chi connectivity index (χ0) is 17.8. The normalized spacial score (nSPS) is 10.7. The molecule has 3 aromatic rings. The van der Waals surface area contributed by atoms with Crippen LogP contribution in [-0.4, -0.2) is 26.8 Å². The van der Waals surface area contributed by atoms with Crippen LogP contribution in [0.3, 0.4) is 0 Å². The summed E-state index contributed by atoms with van der Waals surface area (Å²) in [5.41, 5.74) is 2.49. The SMILES string of the molecule is Cc1ccccc1-c1nc(SCC(=O)Nc2ccc(F)c(Cl)c2)n[nH]1. The number of amides is 1. The van der Waals surface area contributed by atoms with Crippen LogP contribution in [0.25, 0.3) is 11.4 Å². The van der Waals surface area contributed by atoms with Gasteiger partial charge in [0.2, 0.25) is 11.1 Å². The quantitative estimate of drug-likeness (QED) is 0.651. The van der Waals surface area contributed by atoms with Crippen LogP contribution in [-0.2, 0) is 4.79 Å². The Balaban J connectivity index is 1.59. The molecule has 0 radical (unpaired) electrons. The fourth-order valence-electron chi connectivity index (χ4n) is 2.17. The van der Waals surface area contributed by atoms with Crippen LogP contribution in [0.2, 0.25) is 5.02 Å². The van der Waals surface area contributed by atoms with Crippen LogP contribution in [0, 0.1) is 12.7 Å². The molecule has 0 saturated heterocycles. The van der Waals surface area contributed by atoms with E-state index >= 15 is 0 Å². The summed E-state index contributed by atoms with van der Waals surface area (Å²) in [5.74, 6) is -0.000181. The van der Waals surface area contributed by atoms with Crippen LogP contribution in [0.15, 0.2) is 47.6 Å². The van der Waals surface area contributed by atoms with Gasteiger partial charge in [-0.05, 0) is 30.7 Å². The molecule has 5 nitrogen and oxygen atoms in total. The summed E-state index contributed by atoms with van der Waals surface area (Å²) in [7, 11) is 0. The number of halogens is 2. The number of aryl methyl sites for hydroxylation is 1. The number of rotatable bonds is 5. The summed E-state index contributed by atoms with van der Waals surface area (Å²) in [5, 5.41) is 10.1. The minimum atomic E-state index is -0.529. The van der Waals surface area contributed by atoms with Crippen molar-refractivity contribution in [3.8, 4) is 11.4 Å². The standard InChI is InChI=1S/C17H14ClFN4OS/c1-10-4-2-3-5-12(10)16-21-17(23-22-16)25-9-15(24)20-11-6-7-14(19)13(18)8-11/h2-8H,9H2,1H3,(H,20,24)(H,21,22,23). The number of carbonyl (C=O) groups is 1. The molecular weight excluding hydrogens is 363 g/mol. The Labute approximate surface area is 153 Å². The molecule has 0 unspecified atom stereocenters. The van der Waals surface area contributed by atoms with Gasteiger partial charge in [-0.15, -0.1) is 5.10 Å². The van der Waals surface area contributed by atoms with E-state index in [0.717, 1.165) is 11.1 Å². The highest BCUT2D eigenvalue weighted by atomic mass is 35.5. The highest BCUT2D eigenvalue weighted by Crippen LogP contribution is 2.23. The van der Waals surface area contributed by atoms with Crippen molar-refractivity contribution in [3.63, 3.8) is 0 Å². The van der Waals surface area contributed by atoms with E-state index in [2.05, 4.69) is 20.5 Å².